The van der Waals surface area contributed by atoms with Gasteiger partial charge in [0.2, 0.25) is 6.79 Å². The maximum Gasteiger partial charge on any atom is 0.264 e. The van der Waals surface area contributed by atoms with E-state index in [0.29, 0.717) is 40.4 Å². The second-order valence-electron chi connectivity index (χ2n) is 7.80. The van der Waals surface area contributed by atoms with Gasteiger partial charge in [0, 0.05) is 23.6 Å². The molecule has 1 amide bonds. The molecule has 0 aliphatic carbocycles. The summed E-state index contributed by atoms with van der Waals surface area (Å²) < 4.78 is 10.9. The number of thiophene rings is 1. The van der Waals surface area contributed by atoms with E-state index < -0.39 is 0 Å². The van der Waals surface area contributed by atoms with E-state index in [2.05, 4.69) is 24.0 Å². The van der Waals surface area contributed by atoms with Crippen LogP contribution in [0.4, 0.5) is 0 Å². The van der Waals surface area contributed by atoms with Crippen LogP contribution in [0, 0.1) is 6.92 Å². The number of nitrogens with zero attached hydrogens (tertiary/aromatic N) is 1. The van der Waals surface area contributed by atoms with Crippen molar-refractivity contribution in [3.8, 4) is 11.5 Å². The average molecular weight is 447 g/mol. The highest BCUT2D eigenvalue weighted by atomic mass is 32.1. The Bertz CT molecular complexity index is 1340. The molecule has 6 nitrogen and oxygen atoms in total. The van der Waals surface area contributed by atoms with Gasteiger partial charge in [-0.15, -0.1) is 11.3 Å². The van der Waals surface area contributed by atoms with Crippen LogP contribution in [-0.4, -0.2) is 29.1 Å². The lowest BCUT2D eigenvalue weighted by molar-refractivity contribution is 0.0749. The molecule has 0 radical (unpaired) electrons. The normalized spacial score (nSPS) is 12.3. The van der Waals surface area contributed by atoms with Crippen LogP contribution in [0.2, 0.25) is 0 Å². The zero-order chi connectivity index (χ0) is 22.1. The number of aryl methyl sites for hydroxylation is 1. The van der Waals surface area contributed by atoms with E-state index in [4.69, 9.17) is 9.47 Å². The van der Waals surface area contributed by atoms with Gasteiger partial charge in [-0.3, -0.25) is 9.59 Å². The van der Waals surface area contributed by atoms with Crippen molar-refractivity contribution in [1.82, 2.24) is 9.88 Å². The maximum absolute atomic E-state index is 13.2. The van der Waals surface area contributed by atoms with Gasteiger partial charge in [-0.25, -0.2) is 0 Å². The fourth-order valence-corrected chi connectivity index (χ4v) is 4.61. The zero-order valence-electron chi connectivity index (χ0n) is 17.6. The summed E-state index contributed by atoms with van der Waals surface area (Å²) >= 11 is 1.41. The third kappa shape index (κ3) is 3.99. The summed E-state index contributed by atoms with van der Waals surface area (Å²) in [5.41, 5.74) is 3.38. The number of fused-ring (bicyclic) bond motifs is 2. The molecule has 0 atom stereocenters. The Labute approximate surface area is 189 Å². The summed E-state index contributed by atoms with van der Waals surface area (Å²) in [6, 6.07) is 17.3. The minimum atomic E-state index is -0.212. The number of nitrogens with one attached hydrogen (secondary N) is 1. The SMILES string of the molecule is Cc1ccccc1CCN(Cc1cc2cc3c(cc2[nH]c1=O)OCO3)C(=O)c1cccs1. The molecule has 0 fully saturated rings. The summed E-state index contributed by atoms with van der Waals surface area (Å²) in [7, 11) is 0. The highest BCUT2D eigenvalue weighted by Crippen LogP contribution is 2.35. The van der Waals surface area contributed by atoms with E-state index in [1.165, 1.54) is 22.5 Å². The van der Waals surface area contributed by atoms with Crippen LogP contribution in [-0.2, 0) is 13.0 Å². The third-order valence-electron chi connectivity index (χ3n) is 5.71. The molecule has 0 unspecified atom stereocenters. The van der Waals surface area contributed by atoms with Crippen molar-refractivity contribution in [3.05, 3.63) is 91.9 Å². The van der Waals surface area contributed by atoms with Gasteiger partial charge in [0.25, 0.3) is 11.5 Å². The Balaban J connectivity index is 1.46. The number of carbonyl (C=O) groups excluding carboxylic acids is 1. The molecule has 5 rings (SSSR count). The van der Waals surface area contributed by atoms with Crippen molar-refractivity contribution < 1.29 is 14.3 Å². The van der Waals surface area contributed by atoms with Crippen LogP contribution in [0.3, 0.4) is 0 Å². The van der Waals surface area contributed by atoms with Crippen molar-refractivity contribution in [1.29, 1.82) is 0 Å². The van der Waals surface area contributed by atoms with Gasteiger partial charge in [0.05, 0.1) is 16.9 Å². The fourth-order valence-electron chi connectivity index (χ4n) is 3.92. The molecule has 4 aromatic rings. The largest absolute Gasteiger partial charge is 0.454 e. The van der Waals surface area contributed by atoms with Crippen LogP contribution >= 0.6 is 11.3 Å². The molecule has 2 aromatic carbocycles. The quantitative estimate of drug-likeness (QED) is 0.473. The number of ether oxygens (including phenoxy) is 2. The average Bonchev–Trinajstić information content (AvgIpc) is 3.48. The summed E-state index contributed by atoms with van der Waals surface area (Å²) in [6.45, 7) is 2.98. The van der Waals surface area contributed by atoms with Crippen LogP contribution in [0.25, 0.3) is 10.9 Å². The smallest absolute Gasteiger partial charge is 0.264 e. The minimum Gasteiger partial charge on any atom is -0.454 e. The summed E-state index contributed by atoms with van der Waals surface area (Å²) in [5.74, 6) is 1.20. The lowest BCUT2D eigenvalue weighted by atomic mass is 10.1. The minimum absolute atomic E-state index is 0.0706. The van der Waals surface area contributed by atoms with E-state index in [0.717, 1.165) is 5.39 Å². The molecule has 1 aliphatic rings. The van der Waals surface area contributed by atoms with E-state index in [9.17, 15) is 9.59 Å². The monoisotopic (exact) mass is 446 g/mol. The zero-order valence-corrected chi connectivity index (χ0v) is 18.4. The Morgan fingerprint density at radius 3 is 2.66 bits per heavy atom. The molecule has 0 saturated heterocycles. The highest BCUT2D eigenvalue weighted by molar-refractivity contribution is 7.12. The number of rotatable bonds is 6. The molecule has 2 aromatic heterocycles. The van der Waals surface area contributed by atoms with Crippen molar-refractivity contribution in [2.75, 3.05) is 13.3 Å². The lowest BCUT2D eigenvalue weighted by Gasteiger charge is -2.22. The summed E-state index contributed by atoms with van der Waals surface area (Å²) in [6.07, 6.45) is 0.716. The highest BCUT2D eigenvalue weighted by Gasteiger charge is 2.20. The lowest BCUT2D eigenvalue weighted by Crippen LogP contribution is -2.34. The molecule has 162 valence electrons. The number of benzene rings is 2. The topological polar surface area (TPSA) is 71.6 Å². The molecular formula is C25H22N2O4S. The van der Waals surface area contributed by atoms with Gasteiger partial charge in [0.15, 0.2) is 11.5 Å². The molecule has 0 spiro atoms. The number of carbonyl (C=O) groups is 1. The number of hydrogen-bond acceptors (Lipinski definition) is 5. The molecule has 7 heteroatoms. The van der Waals surface area contributed by atoms with Gasteiger partial charge in [-0.1, -0.05) is 30.3 Å². The predicted molar refractivity (Wildman–Crippen MR) is 125 cm³/mol. The van der Waals surface area contributed by atoms with Gasteiger partial charge >= 0.3 is 0 Å². The summed E-state index contributed by atoms with van der Waals surface area (Å²) in [4.78, 5) is 31.4. The number of pyridine rings is 1. The predicted octanol–water partition coefficient (Wildman–Crippen LogP) is 4.51. The number of hydrogen-bond donors (Lipinski definition) is 1. The van der Waals surface area contributed by atoms with Crippen LogP contribution in [0.5, 0.6) is 11.5 Å². The molecule has 32 heavy (non-hydrogen) atoms. The van der Waals surface area contributed by atoms with Gasteiger partial charge in [0.1, 0.15) is 0 Å². The maximum atomic E-state index is 13.2. The van der Waals surface area contributed by atoms with Crippen LogP contribution < -0.4 is 15.0 Å². The number of aromatic amines is 1. The molecule has 0 bridgehead atoms. The third-order valence-corrected chi connectivity index (χ3v) is 6.56. The second kappa shape index (κ2) is 8.51. The van der Waals surface area contributed by atoms with E-state index >= 15 is 0 Å². The van der Waals surface area contributed by atoms with E-state index in [1.54, 1.807) is 11.0 Å². The van der Waals surface area contributed by atoms with Crippen molar-refractivity contribution in [3.63, 3.8) is 0 Å². The first kappa shape index (κ1) is 20.3. The number of H-pyrrole nitrogens is 1. The molecule has 1 aliphatic heterocycles. The van der Waals surface area contributed by atoms with Gasteiger partial charge in [-0.05, 0) is 48.1 Å². The molecular weight excluding hydrogens is 424 g/mol. The number of amides is 1. The van der Waals surface area contributed by atoms with E-state index in [1.807, 2.05) is 41.8 Å². The van der Waals surface area contributed by atoms with Crippen LogP contribution in [0.15, 0.2) is 64.8 Å². The molecule has 0 saturated carbocycles. The van der Waals surface area contributed by atoms with Crippen molar-refractivity contribution in [2.24, 2.45) is 0 Å². The van der Waals surface area contributed by atoms with Crippen LogP contribution in [0.1, 0.15) is 26.4 Å². The van der Waals surface area contributed by atoms with Gasteiger partial charge in [-0.2, -0.15) is 0 Å². The first-order valence-corrected chi connectivity index (χ1v) is 11.3. The molecule has 3 heterocycles. The Hall–Kier alpha value is -3.58. The summed E-state index contributed by atoms with van der Waals surface area (Å²) in [5, 5.41) is 2.73. The second-order valence-corrected chi connectivity index (χ2v) is 8.74. The first-order valence-electron chi connectivity index (χ1n) is 10.4. The fraction of sp³-hybridized carbons (Fsp3) is 0.200. The Kier molecular flexibility index (Phi) is 5.41. The Morgan fingerprint density at radius 2 is 1.88 bits per heavy atom. The molecule has 1 N–H and O–H groups in total. The first-order chi connectivity index (χ1) is 15.6. The van der Waals surface area contributed by atoms with E-state index in [-0.39, 0.29) is 24.8 Å². The van der Waals surface area contributed by atoms with Crippen molar-refractivity contribution in [2.45, 2.75) is 19.9 Å². The number of aromatic nitrogens is 1. The van der Waals surface area contributed by atoms with Crippen molar-refractivity contribution >= 4 is 28.1 Å². The Morgan fingerprint density at radius 1 is 1.06 bits per heavy atom. The van der Waals surface area contributed by atoms with Gasteiger partial charge < -0.3 is 19.4 Å². The standard InChI is InChI=1S/C25H22N2O4S/c1-16-5-2-3-6-17(16)8-9-27(25(29)23-7-4-10-32-23)14-19-11-18-12-21-22(31-15-30-21)13-20(18)26-24(19)28/h2-7,10-13H,8-9,14-15H2,1H3,(H,26,28).